The van der Waals surface area contributed by atoms with E-state index in [1.807, 2.05) is 22.4 Å². The molecule has 1 aliphatic rings. The molecule has 1 amide bonds. The number of carbonyl (C=O) groups excluding carboxylic acids is 1. The highest BCUT2D eigenvalue weighted by Crippen LogP contribution is 2.19. The van der Waals surface area contributed by atoms with E-state index in [-0.39, 0.29) is 5.91 Å². The molecular weight excluding hydrogens is 196 g/mol. The monoisotopic (exact) mass is 210 g/mol. The summed E-state index contributed by atoms with van der Waals surface area (Å²) in [4.78, 5) is 14.6. The summed E-state index contributed by atoms with van der Waals surface area (Å²) in [5.74, 6) is 0.662. The van der Waals surface area contributed by atoms with E-state index in [9.17, 15) is 4.79 Å². The molecule has 1 fully saturated rings. The van der Waals surface area contributed by atoms with Crippen LogP contribution >= 0.6 is 11.3 Å². The van der Waals surface area contributed by atoms with Crippen molar-refractivity contribution in [1.29, 1.82) is 0 Å². The van der Waals surface area contributed by atoms with Crippen LogP contribution in [-0.2, 0) is 0 Å². The van der Waals surface area contributed by atoms with E-state index in [0.717, 1.165) is 24.4 Å². The van der Waals surface area contributed by atoms with E-state index in [1.54, 1.807) is 0 Å². The van der Waals surface area contributed by atoms with Gasteiger partial charge >= 0.3 is 0 Å². The molecule has 0 radical (unpaired) electrons. The largest absolute Gasteiger partial charge is 0.338 e. The molecule has 14 heavy (non-hydrogen) atoms. The minimum atomic E-state index is 0.163. The first-order valence-corrected chi connectivity index (χ1v) is 5.72. The van der Waals surface area contributed by atoms with Crippen molar-refractivity contribution in [2.45, 2.75) is 6.42 Å². The van der Waals surface area contributed by atoms with Crippen LogP contribution in [0, 0.1) is 5.92 Å². The summed E-state index contributed by atoms with van der Waals surface area (Å²) in [6, 6.07) is 3.79. The maximum absolute atomic E-state index is 11.9. The topological polar surface area (TPSA) is 46.3 Å². The Kier molecular flexibility index (Phi) is 2.84. The summed E-state index contributed by atoms with van der Waals surface area (Å²) in [6.45, 7) is 2.38. The number of thiophene rings is 1. The van der Waals surface area contributed by atoms with E-state index in [2.05, 4.69) is 0 Å². The first-order chi connectivity index (χ1) is 6.81. The Morgan fingerprint density at radius 3 is 3.14 bits per heavy atom. The predicted molar refractivity (Wildman–Crippen MR) is 57.4 cm³/mol. The third-order valence-electron chi connectivity index (χ3n) is 2.64. The zero-order valence-corrected chi connectivity index (χ0v) is 8.80. The SMILES string of the molecule is NC[C@@H]1CCN(C(=O)c2cccs2)C1. The molecule has 1 atom stereocenters. The van der Waals surface area contributed by atoms with Crippen molar-refractivity contribution in [3.05, 3.63) is 22.4 Å². The van der Waals surface area contributed by atoms with Gasteiger partial charge in [0, 0.05) is 13.1 Å². The number of nitrogens with zero attached hydrogens (tertiary/aromatic N) is 1. The second kappa shape index (κ2) is 4.11. The summed E-state index contributed by atoms with van der Waals surface area (Å²) < 4.78 is 0. The highest BCUT2D eigenvalue weighted by atomic mass is 32.1. The molecule has 4 heteroatoms. The molecule has 1 aromatic heterocycles. The lowest BCUT2D eigenvalue weighted by Gasteiger charge is -2.14. The Hall–Kier alpha value is -0.870. The maximum Gasteiger partial charge on any atom is 0.263 e. The highest BCUT2D eigenvalue weighted by Gasteiger charge is 2.26. The summed E-state index contributed by atoms with van der Waals surface area (Å²) in [7, 11) is 0. The fourth-order valence-corrected chi connectivity index (χ4v) is 2.46. The Balaban J connectivity index is 2.00. The first-order valence-electron chi connectivity index (χ1n) is 4.84. The lowest BCUT2D eigenvalue weighted by atomic mass is 10.1. The van der Waals surface area contributed by atoms with E-state index in [4.69, 9.17) is 5.73 Å². The third kappa shape index (κ3) is 1.81. The minimum Gasteiger partial charge on any atom is -0.338 e. The van der Waals surface area contributed by atoms with Crippen LogP contribution in [0.5, 0.6) is 0 Å². The highest BCUT2D eigenvalue weighted by molar-refractivity contribution is 7.12. The van der Waals surface area contributed by atoms with Crippen molar-refractivity contribution in [2.24, 2.45) is 11.7 Å². The summed E-state index contributed by atoms with van der Waals surface area (Å²) in [6.07, 6.45) is 1.05. The van der Waals surface area contributed by atoms with Gasteiger partial charge in [0.05, 0.1) is 4.88 Å². The number of likely N-dealkylation sites (tertiary alicyclic amines) is 1. The average Bonchev–Trinajstić information content (AvgIpc) is 2.88. The molecule has 0 aromatic carbocycles. The van der Waals surface area contributed by atoms with Gasteiger partial charge < -0.3 is 10.6 Å². The summed E-state index contributed by atoms with van der Waals surface area (Å²) in [5, 5.41) is 1.93. The molecule has 0 aliphatic carbocycles. The van der Waals surface area contributed by atoms with Crippen molar-refractivity contribution in [1.82, 2.24) is 4.90 Å². The second-order valence-electron chi connectivity index (χ2n) is 3.62. The molecule has 1 aliphatic heterocycles. The van der Waals surface area contributed by atoms with Crippen molar-refractivity contribution in [2.75, 3.05) is 19.6 Å². The fourth-order valence-electron chi connectivity index (χ4n) is 1.77. The van der Waals surface area contributed by atoms with Gasteiger partial charge in [0.2, 0.25) is 0 Å². The number of amides is 1. The zero-order chi connectivity index (χ0) is 9.97. The van der Waals surface area contributed by atoms with E-state index in [0.29, 0.717) is 12.5 Å². The van der Waals surface area contributed by atoms with Gasteiger partial charge in [-0.15, -0.1) is 11.3 Å². The number of carbonyl (C=O) groups is 1. The second-order valence-corrected chi connectivity index (χ2v) is 4.57. The normalized spacial score (nSPS) is 21.5. The van der Waals surface area contributed by atoms with Gasteiger partial charge in [-0.05, 0) is 30.3 Å². The number of rotatable bonds is 2. The molecule has 1 aromatic rings. The lowest BCUT2D eigenvalue weighted by molar-refractivity contribution is 0.0792. The lowest BCUT2D eigenvalue weighted by Crippen LogP contribution is -2.29. The van der Waals surface area contributed by atoms with Crippen molar-refractivity contribution in [3.8, 4) is 0 Å². The van der Waals surface area contributed by atoms with Crippen molar-refractivity contribution < 1.29 is 4.79 Å². The van der Waals surface area contributed by atoms with Gasteiger partial charge in [0.1, 0.15) is 0 Å². The van der Waals surface area contributed by atoms with E-state index >= 15 is 0 Å². The van der Waals surface area contributed by atoms with Gasteiger partial charge in [-0.1, -0.05) is 6.07 Å². The van der Waals surface area contributed by atoms with Crippen molar-refractivity contribution in [3.63, 3.8) is 0 Å². The molecule has 76 valence electrons. The van der Waals surface area contributed by atoms with Crippen LogP contribution in [0.4, 0.5) is 0 Å². The van der Waals surface area contributed by atoms with Gasteiger partial charge in [-0.2, -0.15) is 0 Å². The Bertz CT molecular complexity index is 310. The molecular formula is C10H14N2OS. The Morgan fingerprint density at radius 1 is 1.71 bits per heavy atom. The minimum absolute atomic E-state index is 0.163. The molecule has 2 N–H and O–H groups in total. The third-order valence-corrected chi connectivity index (χ3v) is 3.50. The van der Waals surface area contributed by atoms with E-state index < -0.39 is 0 Å². The smallest absolute Gasteiger partial charge is 0.263 e. The Morgan fingerprint density at radius 2 is 2.57 bits per heavy atom. The van der Waals surface area contributed by atoms with Crippen molar-refractivity contribution >= 4 is 17.2 Å². The van der Waals surface area contributed by atoms with Gasteiger partial charge in [0.15, 0.2) is 0 Å². The van der Waals surface area contributed by atoms with Gasteiger partial charge in [-0.3, -0.25) is 4.79 Å². The van der Waals surface area contributed by atoms with Crippen LogP contribution in [0.3, 0.4) is 0 Å². The van der Waals surface area contributed by atoms with Crippen LogP contribution in [-0.4, -0.2) is 30.4 Å². The molecule has 0 unspecified atom stereocenters. The fraction of sp³-hybridized carbons (Fsp3) is 0.500. The maximum atomic E-state index is 11.9. The molecule has 3 nitrogen and oxygen atoms in total. The predicted octanol–water partition coefficient (Wildman–Crippen LogP) is 1.17. The number of hydrogen-bond donors (Lipinski definition) is 1. The number of hydrogen-bond acceptors (Lipinski definition) is 3. The molecule has 2 rings (SSSR count). The molecule has 0 bridgehead atoms. The van der Waals surface area contributed by atoms with Gasteiger partial charge in [0.25, 0.3) is 5.91 Å². The van der Waals surface area contributed by atoms with Crippen LogP contribution in [0.15, 0.2) is 17.5 Å². The molecule has 0 spiro atoms. The average molecular weight is 210 g/mol. The summed E-state index contributed by atoms with van der Waals surface area (Å²) in [5.41, 5.74) is 5.58. The van der Waals surface area contributed by atoms with Crippen LogP contribution in [0.1, 0.15) is 16.1 Å². The van der Waals surface area contributed by atoms with Gasteiger partial charge in [-0.25, -0.2) is 0 Å². The molecule has 1 saturated heterocycles. The van der Waals surface area contributed by atoms with E-state index in [1.165, 1.54) is 11.3 Å². The first kappa shape index (κ1) is 9.68. The zero-order valence-electron chi connectivity index (χ0n) is 7.98. The van der Waals surface area contributed by atoms with Crippen LogP contribution < -0.4 is 5.73 Å². The van der Waals surface area contributed by atoms with Crippen LogP contribution in [0.25, 0.3) is 0 Å². The Labute approximate surface area is 87.5 Å². The molecule has 2 heterocycles. The number of nitrogens with two attached hydrogens (primary N) is 1. The standard InChI is InChI=1S/C10H14N2OS/c11-6-8-3-4-12(7-8)10(13)9-2-1-5-14-9/h1-2,5,8H,3-4,6-7,11H2/t8-/m0/s1. The quantitative estimate of drug-likeness (QED) is 0.796. The van der Waals surface area contributed by atoms with Crippen LogP contribution in [0.2, 0.25) is 0 Å². The summed E-state index contributed by atoms with van der Waals surface area (Å²) >= 11 is 1.50. The molecule has 0 saturated carbocycles.